The van der Waals surface area contributed by atoms with Crippen molar-refractivity contribution in [2.24, 2.45) is 0 Å². The van der Waals surface area contributed by atoms with Crippen molar-refractivity contribution in [1.29, 1.82) is 0 Å². The number of halogens is 3. The molecular weight excluding hydrogens is 300 g/mol. The van der Waals surface area contributed by atoms with Crippen LogP contribution in [0.1, 0.15) is 24.7 Å². The fraction of sp³-hybridized carbons (Fsp3) is 0.286. The number of benzene rings is 1. The maximum Gasteiger partial charge on any atom is 0.165 e. The van der Waals surface area contributed by atoms with E-state index in [1.165, 1.54) is 6.07 Å². The van der Waals surface area contributed by atoms with Crippen molar-refractivity contribution in [3.05, 3.63) is 45.6 Å². The number of anilines is 2. The highest BCUT2D eigenvalue weighted by atomic mass is 35.5. The number of nitrogens with zero attached hydrogens (tertiary/aromatic N) is 2. The molecule has 2 rings (SSSR count). The Morgan fingerprint density at radius 3 is 2.70 bits per heavy atom. The van der Waals surface area contributed by atoms with Gasteiger partial charge in [0.25, 0.3) is 0 Å². The zero-order valence-electron chi connectivity index (χ0n) is 11.2. The second-order valence-corrected chi connectivity index (χ2v) is 5.15. The third kappa shape index (κ3) is 3.19. The predicted octanol–water partition coefficient (Wildman–Crippen LogP) is 4.93. The van der Waals surface area contributed by atoms with Gasteiger partial charge >= 0.3 is 0 Å². The smallest absolute Gasteiger partial charge is 0.165 e. The first-order valence-corrected chi connectivity index (χ1v) is 7.02. The van der Waals surface area contributed by atoms with E-state index >= 15 is 0 Å². The second kappa shape index (κ2) is 6.37. The van der Waals surface area contributed by atoms with Crippen molar-refractivity contribution >= 4 is 34.7 Å². The molecule has 20 heavy (non-hydrogen) atoms. The highest BCUT2D eigenvalue weighted by molar-refractivity contribution is 6.31. The molecule has 0 amide bonds. The first-order chi connectivity index (χ1) is 9.52. The Kier molecular flexibility index (Phi) is 4.78. The quantitative estimate of drug-likeness (QED) is 0.813. The number of aromatic nitrogens is 2. The van der Waals surface area contributed by atoms with E-state index in [0.717, 1.165) is 6.42 Å². The molecule has 0 aliphatic rings. The van der Waals surface area contributed by atoms with E-state index in [1.54, 1.807) is 19.1 Å². The van der Waals surface area contributed by atoms with Gasteiger partial charge in [-0.3, -0.25) is 0 Å². The third-order valence-corrected chi connectivity index (χ3v) is 3.47. The van der Waals surface area contributed by atoms with E-state index in [1.807, 2.05) is 6.92 Å². The number of nitrogens with one attached hydrogen (secondary N) is 1. The number of hydrogen-bond donors (Lipinski definition) is 1. The van der Waals surface area contributed by atoms with Crippen LogP contribution in [0.15, 0.2) is 18.2 Å². The van der Waals surface area contributed by atoms with E-state index in [9.17, 15) is 4.39 Å². The predicted molar refractivity (Wildman–Crippen MR) is 80.5 cm³/mol. The molecule has 0 fully saturated rings. The first-order valence-electron chi connectivity index (χ1n) is 6.27. The van der Waals surface area contributed by atoms with Crippen molar-refractivity contribution in [2.75, 3.05) is 5.32 Å². The van der Waals surface area contributed by atoms with Crippen molar-refractivity contribution < 1.29 is 4.39 Å². The molecule has 2 aromatic rings. The lowest BCUT2D eigenvalue weighted by Gasteiger charge is -2.12. The Morgan fingerprint density at radius 1 is 1.25 bits per heavy atom. The summed E-state index contributed by atoms with van der Waals surface area (Å²) >= 11 is 11.8. The van der Waals surface area contributed by atoms with Gasteiger partial charge in [0.2, 0.25) is 0 Å². The summed E-state index contributed by atoms with van der Waals surface area (Å²) in [4.78, 5) is 8.57. The van der Waals surface area contributed by atoms with Gasteiger partial charge in [-0.05, 0) is 25.5 Å². The van der Waals surface area contributed by atoms with E-state index in [4.69, 9.17) is 23.2 Å². The Labute approximate surface area is 127 Å². The van der Waals surface area contributed by atoms with E-state index in [2.05, 4.69) is 15.3 Å². The minimum Gasteiger partial charge on any atom is -0.337 e. The number of aryl methyl sites for hydroxylation is 1. The third-order valence-electron chi connectivity index (χ3n) is 2.81. The molecule has 0 saturated heterocycles. The molecule has 3 nitrogen and oxygen atoms in total. The Morgan fingerprint density at radius 2 is 2.00 bits per heavy atom. The van der Waals surface area contributed by atoms with Crippen LogP contribution >= 0.6 is 23.2 Å². The van der Waals surface area contributed by atoms with Crippen LogP contribution < -0.4 is 5.32 Å². The lowest BCUT2D eigenvalue weighted by Crippen LogP contribution is -2.04. The molecule has 1 N–H and O–H groups in total. The van der Waals surface area contributed by atoms with Gasteiger partial charge in [0, 0.05) is 12.0 Å². The van der Waals surface area contributed by atoms with Crippen LogP contribution in [0.2, 0.25) is 10.2 Å². The zero-order valence-corrected chi connectivity index (χ0v) is 12.7. The summed E-state index contributed by atoms with van der Waals surface area (Å²) in [5.41, 5.74) is 0.934. The minimum atomic E-state index is -0.514. The summed E-state index contributed by atoms with van der Waals surface area (Å²) < 4.78 is 13.9. The molecule has 6 heteroatoms. The summed E-state index contributed by atoms with van der Waals surface area (Å²) in [6.07, 6.45) is 1.62. The highest BCUT2D eigenvalue weighted by Crippen LogP contribution is 2.28. The molecule has 0 spiro atoms. The Hall–Kier alpha value is -1.39. The lowest BCUT2D eigenvalue weighted by molar-refractivity contribution is 0.632. The molecule has 0 radical (unpaired) electrons. The standard InChI is InChI=1S/C14H14Cl2FN3/c1-3-5-11-19-13(16)8(2)14(20-11)18-10-7-4-6-9(15)12(10)17/h4,6-7H,3,5H2,1-2H3,(H,18,19,20). The fourth-order valence-electron chi connectivity index (χ4n) is 1.72. The van der Waals surface area contributed by atoms with Crippen LogP contribution in [0.4, 0.5) is 15.9 Å². The van der Waals surface area contributed by atoms with Crippen molar-refractivity contribution in [2.45, 2.75) is 26.7 Å². The maximum absolute atomic E-state index is 13.9. The van der Waals surface area contributed by atoms with Crippen LogP contribution in [0.5, 0.6) is 0 Å². The zero-order chi connectivity index (χ0) is 14.7. The van der Waals surface area contributed by atoms with Crippen molar-refractivity contribution in [1.82, 2.24) is 9.97 Å². The monoisotopic (exact) mass is 313 g/mol. The largest absolute Gasteiger partial charge is 0.337 e. The van der Waals surface area contributed by atoms with Gasteiger partial charge in [-0.15, -0.1) is 0 Å². The van der Waals surface area contributed by atoms with Gasteiger partial charge in [0.05, 0.1) is 10.7 Å². The Balaban J connectivity index is 2.39. The molecule has 1 aromatic heterocycles. The van der Waals surface area contributed by atoms with Crippen LogP contribution in [0, 0.1) is 12.7 Å². The van der Waals surface area contributed by atoms with Crippen molar-refractivity contribution in [3.63, 3.8) is 0 Å². The number of rotatable bonds is 4. The van der Waals surface area contributed by atoms with E-state index < -0.39 is 5.82 Å². The average molecular weight is 314 g/mol. The van der Waals surface area contributed by atoms with Gasteiger partial charge in [-0.2, -0.15) is 0 Å². The van der Waals surface area contributed by atoms with Gasteiger partial charge in [0.15, 0.2) is 5.82 Å². The summed E-state index contributed by atoms with van der Waals surface area (Å²) in [5.74, 6) is 0.614. The van der Waals surface area contributed by atoms with E-state index in [-0.39, 0.29) is 10.7 Å². The van der Waals surface area contributed by atoms with E-state index in [0.29, 0.717) is 28.8 Å². The molecule has 1 aromatic carbocycles. The summed E-state index contributed by atoms with van der Waals surface area (Å²) in [6.45, 7) is 3.81. The number of hydrogen-bond acceptors (Lipinski definition) is 3. The highest BCUT2D eigenvalue weighted by Gasteiger charge is 2.12. The summed E-state index contributed by atoms with van der Waals surface area (Å²) in [7, 11) is 0. The van der Waals surface area contributed by atoms with Crippen LogP contribution in [-0.2, 0) is 6.42 Å². The maximum atomic E-state index is 13.9. The molecular formula is C14H14Cl2FN3. The topological polar surface area (TPSA) is 37.8 Å². The molecule has 0 aliphatic heterocycles. The van der Waals surface area contributed by atoms with Gasteiger partial charge in [-0.25, -0.2) is 14.4 Å². The summed E-state index contributed by atoms with van der Waals surface area (Å²) in [6, 6.07) is 4.75. The SMILES string of the molecule is CCCc1nc(Cl)c(C)c(Nc2cccc(Cl)c2F)n1. The first kappa shape index (κ1) is 15.0. The second-order valence-electron chi connectivity index (χ2n) is 4.38. The molecule has 106 valence electrons. The molecule has 0 saturated carbocycles. The van der Waals surface area contributed by atoms with Crippen LogP contribution in [0.25, 0.3) is 0 Å². The van der Waals surface area contributed by atoms with Gasteiger partial charge in [-0.1, -0.05) is 36.2 Å². The Bertz CT molecular complexity index is 632. The molecule has 1 heterocycles. The average Bonchev–Trinajstić information content (AvgIpc) is 2.41. The molecule has 0 bridgehead atoms. The minimum absolute atomic E-state index is 0.0570. The summed E-state index contributed by atoms with van der Waals surface area (Å²) in [5, 5.41) is 3.35. The van der Waals surface area contributed by atoms with Crippen LogP contribution in [0.3, 0.4) is 0 Å². The fourth-order valence-corrected chi connectivity index (χ4v) is 2.08. The van der Waals surface area contributed by atoms with Gasteiger partial charge < -0.3 is 5.32 Å². The molecule has 0 aliphatic carbocycles. The van der Waals surface area contributed by atoms with Crippen molar-refractivity contribution in [3.8, 4) is 0 Å². The molecule has 0 atom stereocenters. The van der Waals surface area contributed by atoms with Gasteiger partial charge in [0.1, 0.15) is 16.8 Å². The normalized spacial score (nSPS) is 10.7. The molecule has 0 unspecified atom stereocenters. The van der Waals surface area contributed by atoms with Crippen LogP contribution in [-0.4, -0.2) is 9.97 Å². The lowest BCUT2D eigenvalue weighted by atomic mass is 10.2.